The molecule has 0 atom stereocenters. The first-order chi connectivity index (χ1) is 6.25. The fourth-order valence-electron chi connectivity index (χ4n) is 0.645. The van der Waals surface area contributed by atoms with E-state index in [0.717, 1.165) is 4.47 Å². The third kappa shape index (κ3) is 2.84. The molecule has 5 heteroatoms. The van der Waals surface area contributed by atoms with Crippen LogP contribution in [-0.4, -0.2) is 12.5 Å². The topological polar surface area (TPSA) is 38.3 Å². The van der Waals surface area contributed by atoms with Crippen molar-refractivity contribution in [3.05, 3.63) is 20.8 Å². The molecule has 0 aromatic carbocycles. The highest BCUT2D eigenvalue weighted by atomic mass is 79.9. The molecule has 3 nitrogen and oxygen atoms in total. The van der Waals surface area contributed by atoms with E-state index < -0.39 is 0 Å². The van der Waals surface area contributed by atoms with E-state index in [0.29, 0.717) is 4.88 Å². The monoisotopic (exact) mass is 259 g/mol. The Balaban J connectivity index is 2.50. The normalized spacial score (nSPS) is 9.23. The van der Waals surface area contributed by atoms with Gasteiger partial charge < -0.3 is 0 Å². The van der Waals surface area contributed by atoms with Gasteiger partial charge in [-0.3, -0.25) is 9.63 Å². The highest BCUT2D eigenvalue weighted by Gasteiger charge is 2.10. The zero-order chi connectivity index (χ0) is 9.68. The van der Waals surface area contributed by atoms with Crippen LogP contribution in [-0.2, 0) is 4.84 Å². The largest absolute Gasteiger partial charge is 0.286 e. The van der Waals surface area contributed by atoms with Crippen molar-refractivity contribution in [2.45, 2.75) is 0 Å². The quantitative estimate of drug-likeness (QED) is 0.511. The van der Waals surface area contributed by atoms with Gasteiger partial charge in [-0.25, -0.2) is 5.48 Å². The maximum atomic E-state index is 11.3. The fraction of sp³-hybridized carbons (Fsp3) is 0.125. The molecule has 1 amide bonds. The van der Waals surface area contributed by atoms with E-state index in [1.165, 1.54) is 11.3 Å². The summed E-state index contributed by atoms with van der Waals surface area (Å²) in [5, 5.41) is 1.81. The van der Waals surface area contributed by atoms with Gasteiger partial charge in [-0.1, -0.05) is 5.92 Å². The van der Waals surface area contributed by atoms with E-state index in [1.54, 1.807) is 11.4 Å². The Hall–Kier alpha value is -0.830. The number of carbonyl (C=O) groups is 1. The van der Waals surface area contributed by atoms with Crippen LogP contribution in [0.15, 0.2) is 15.9 Å². The van der Waals surface area contributed by atoms with Crippen LogP contribution in [0.4, 0.5) is 0 Å². The molecular weight excluding hydrogens is 254 g/mol. The minimum atomic E-state index is -0.294. The summed E-state index contributed by atoms with van der Waals surface area (Å²) in [5.74, 6) is 1.94. The number of carbonyl (C=O) groups excluding carboxylic acids is 1. The van der Waals surface area contributed by atoms with Crippen molar-refractivity contribution in [2.24, 2.45) is 0 Å². The zero-order valence-electron chi connectivity index (χ0n) is 6.54. The Morgan fingerprint density at radius 2 is 2.62 bits per heavy atom. The standard InChI is InChI=1S/C8H6BrNO2S/c1-2-4-12-10-8(11)7-6(9)3-5-13-7/h1,3,5H,4H2,(H,10,11). The number of terminal acetylenes is 1. The molecule has 0 unspecified atom stereocenters. The average Bonchev–Trinajstić information content (AvgIpc) is 2.52. The van der Waals surface area contributed by atoms with Crippen LogP contribution in [0, 0.1) is 12.3 Å². The molecule has 1 rings (SSSR count). The van der Waals surface area contributed by atoms with Crippen LogP contribution < -0.4 is 5.48 Å². The second-order valence-corrected chi connectivity index (χ2v) is 3.79. The van der Waals surface area contributed by atoms with Gasteiger partial charge in [0.15, 0.2) is 0 Å². The highest BCUT2D eigenvalue weighted by Crippen LogP contribution is 2.22. The first kappa shape index (κ1) is 10.3. The predicted octanol–water partition coefficient (Wildman–Crippen LogP) is 1.81. The molecule has 0 aliphatic rings. The molecule has 0 bridgehead atoms. The highest BCUT2D eigenvalue weighted by molar-refractivity contribution is 9.10. The number of rotatable bonds is 3. The van der Waals surface area contributed by atoms with Crippen LogP contribution >= 0.6 is 27.3 Å². The van der Waals surface area contributed by atoms with Crippen LogP contribution in [0.25, 0.3) is 0 Å². The lowest BCUT2D eigenvalue weighted by Gasteiger charge is -2.00. The lowest BCUT2D eigenvalue weighted by molar-refractivity contribution is 0.0441. The summed E-state index contributed by atoms with van der Waals surface area (Å²) in [4.78, 5) is 16.5. The van der Waals surface area contributed by atoms with Crippen molar-refractivity contribution in [1.82, 2.24) is 5.48 Å². The van der Waals surface area contributed by atoms with Crippen molar-refractivity contribution < 1.29 is 9.63 Å². The minimum Gasteiger partial charge on any atom is -0.266 e. The van der Waals surface area contributed by atoms with Crippen LogP contribution in [0.1, 0.15) is 9.67 Å². The number of nitrogens with one attached hydrogen (secondary N) is 1. The Kier molecular flexibility index (Phi) is 3.96. The first-order valence-corrected chi connectivity index (χ1v) is 5.01. The van der Waals surface area contributed by atoms with E-state index in [4.69, 9.17) is 6.42 Å². The van der Waals surface area contributed by atoms with Crippen LogP contribution in [0.3, 0.4) is 0 Å². The number of amides is 1. The summed E-state index contributed by atoms with van der Waals surface area (Å²) in [6.07, 6.45) is 4.93. The minimum absolute atomic E-state index is 0.0642. The van der Waals surface area contributed by atoms with E-state index in [-0.39, 0.29) is 12.5 Å². The average molecular weight is 260 g/mol. The van der Waals surface area contributed by atoms with E-state index in [9.17, 15) is 4.79 Å². The second-order valence-electron chi connectivity index (χ2n) is 2.02. The van der Waals surface area contributed by atoms with Crippen LogP contribution in [0.5, 0.6) is 0 Å². The lowest BCUT2D eigenvalue weighted by Crippen LogP contribution is -2.23. The molecule has 1 aromatic heterocycles. The van der Waals surface area contributed by atoms with Gasteiger partial charge >= 0.3 is 0 Å². The molecule has 0 aliphatic heterocycles. The van der Waals surface area contributed by atoms with Crippen molar-refractivity contribution in [1.29, 1.82) is 0 Å². The molecule has 0 saturated carbocycles. The Morgan fingerprint density at radius 1 is 1.85 bits per heavy atom. The lowest BCUT2D eigenvalue weighted by atomic mass is 10.4. The third-order valence-electron chi connectivity index (χ3n) is 1.14. The third-order valence-corrected chi connectivity index (χ3v) is 2.98. The van der Waals surface area contributed by atoms with Gasteiger partial charge in [0.25, 0.3) is 5.91 Å². The van der Waals surface area contributed by atoms with Crippen molar-refractivity contribution >= 4 is 33.2 Å². The van der Waals surface area contributed by atoms with Gasteiger partial charge in [-0.15, -0.1) is 17.8 Å². The van der Waals surface area contributed by atoms with Crippen molar-refractivity contribution in [2.75, 3.05) is 6.61 Å². The predicted molar refractivity (Wildman–Crippen MR) is 54.3 cm³/mol. The summed E-state index contributed by atoms with van der Waals surface area (Å²) in [6.45, 7) is 0.0642. The number of hydroxylamine groups is 1. The molecule has 0 spiro atoms. The maximum absolute atomic E-state index is 11.3. The zero-order valence-corrected chi connectivity index (χ0v) is 8.94. The van der Waals surface area contributed by atoms with Gasteiger partial charge in [-0.2, -0.15) is 0 Å². The van der Waals surface area contributed by atoms with E-state index in [2.05, 4.69) is 32.2 Å². The van der Waals surface area contributed by atoms with E-state index >= 15 is 0 Å². The number of thiophene rings is 1. The van der Waals surface area contributed by atoms with Crippen LogP contribution in [0.2, 0.25) is 0 Å². The second kappa shape index (κ2) is 5.02. The Labute approximate surface area is 88.2 Å². The Morgan fingerprint density at radius 3 is 3.15 bits per heavy atom. The van der Waals surface area contributed by atoms with E-state index in [1.807, 2.05) is 0 Å². The summed E-state index contributed by atoms with van der Waals surface area (Å²) in [7, 11) is 0. The molecule has 1 heterocycles. The molecule has 1 N–H and O–H groups in total. The summed E-state index contributed by atoms with van der Waals surface area (Å²) < 4.78 is 0.749. The fourth-order valence-corrected chi connectivity index (χ4v) is 2.08. The molecular formula is C8H6BrNO2S. The molecule has 68 valence electrons. The molecule has 1 aromatic rings. The van der Waals surface area contributed by atoms with Gasteiger partial charge in [0.2, 0.25) is 0 Å². The number of hydrogen-bond donors (Lipinski definition) is 1. The first-order valence-electron chi connectivity index (χ1n) is 3.34. The Bertz CT molecular complexity index is 342. The van der Waals surface area contributed by atoms with Gasteiger partial charge in [0, 0.05) is 4.47 Å². The summed E-state index contributed by atoms with van der Waals surface area (Å²) >= 11 is 4.55. The maximum Gasteiger partial charge on any atom is 0.286 e. The molecule has 0 radical (unpaired) electrons. The molecule has 0 fully saturated rings. The van der Waals surface area contributed by atoms with Gasteiger partial charge in [0.1, 0.15) is 11.5 Å². The summed E-state index contributed by atoms with van der Waals surface area (Å²) in [5.41, 5.74) is 2.23. The summed E-state index contributed by atoms with van der Waals surface area (Å²) in [6, 6.07) is 1.79. The van der Waals surface area contributed by atoms with Gasteiger partial charge in [-0.05, 0) is 27.4 Å². The molecule has 13 heavy (non-hydrogen) atoms. The van der Waals surface area contributed by atoms with Crippen molar-refractivity contribution in [3.63, 3.8) is 0 Å². The SMILES string of the molecule is C#CCONC(=O)c1sccc1Br. The number of hydrogen-bond acceptors (Lipinski definition) is 3. The molecule has 0 aliphatic carbocycles. The smallest absolute Gasteiger partial charge is 0.266 e. The van der Waals surface area contributed by atoms with Crippen molar-refractivity contribution in [3.8, 4) is 12.3 Å². The van der Waals surface area contributed by atoms with Gasteiger partial charge in [0.05, 0.1) is 0 Å². The number of halogens is 1. The molecule has 0 saturated heterocycles.